The normalized spacial score (nSPS) is 13.5. The lowest BCUT2D eigenvalue weighted by Crippen LogP contribution is -2.52. The van der Waals surface area contributed by atoms with Gasteiger partial charge in [0.15, 0.2) is 11.5 Å². The third-order valence-corrected chi connectivity index (χ3v) is 5.36. The van der Waals surface area contributed by atoms with Crippen LogP contribution in [0.15, 0.2) is 23.1 Å². The number of ether oxygens (including phenoxy) is 2. The summed E-state index contributed by atoms with van der Waals surface area (Å²) in [6.45, 7) is 2.84. The van der Waals surface area contributed by atoms with Crippen molar-refractivity contribution in [2.45, 2.75) is 37.1 Å². The summed E-state index contributed by atoms with van der Waals surface area (Å²) in [6, 6.07) is 4.11. The molecule has 1 aromatic rings. The van der Waals surface area contributed by atoms with Crippen LogP contribution in [0.25, 0.3) is 0 Å². The van der Waals surface area contributed by atoms with Crippen molar-refractivity contribution in [3.8, 4) is 11.5 Å². The molecule has 146 valence electrons. The number of benzene rings is 1. The van der Waals surface area contributed by atoms with E-state index in [9.17, 15) is 18.0 Å². The molecule has 0 aliphatic rings. The quantitative estimate of drug-likeness (QED) is 0.539. The van der Waals surface area contributed by atoms with Crippen molar-refractivity contribution < 1.29 is 32.6 Å². The van der Waals surface area contributed by atoms with Crippen LogP contribution < -0.4 is 19.5 Å². The molecule has 26 heavy (non-hydrogen) atoms. The van der Waals surface area contributed by atoms with Crippen LogP contribution in [-0.2, 0) is 19.6 Å². The van der Waals surface area contributed by atoms with Gasteiger partial charge in [-0.2, -0.15) is 0 Å². The Hall–Kier alpha value is -2.33. The van der Waals surface area contributed by atoms with Crippen LogP contribution in [0, 0.1) is 0 Å². The number of carbonyl (C=O) groups excluding carboxylic acids is 1. The van der Waals surface area contributed by atoms with Crippen molar-refractivity contribution in [3.05, 3.63) is 18.2 Å². The van der Waals surface area contributed by atoms with Gasteiger partial charge in [0.25, 0.3) is 0 Å². The average Bonchev–Trinajstić information content (AvgIpc) is 2.60. The monoisotopic (exact) mass is 388 g/mol. The summed E-state index contributed by atoms with van der Waals surface area (Å²) in [6.07, 6.45) is 0.000826. The number of rotatable bonds is 10. The first-order valence-corrected chi connectivity index (χ1v) is 9.34. The first-order valence-electron chi connectivity index (χ1n) is 7.85. The van der Waals surface area contributed by atoms with Crippen molar-refractivity contribution in [1.82, 2.24) is 10.0 Å². The zero-order valence-electron chi connectivity index (χ0n) is 15.2. The van der Waals surface area contributed by atoms with Gasteiger partial charge in [-0.05, 0) is 25.5 Å². The highest BCUT2D eigenvalue weighted by Crippen LogP contribution is 2.29. The van der Waals surface area contributed by atoms with E-state index >= 15 is 0 Å². The molecule has 0 saturated carbocycles. The molecule has 0 radical (unpaired) electrons. The van der Waals surface area contributed by atoms with E-state index in [2.05, 4.69) is 10.0 Å². The Labute approximate surface area is 152 Å². The second kappa shape index (κ2) is 8.86. The molecule has 0 aliphatic heterocycles. The average molecular weight is 388 g/mol. The van der Waals surface area contributed by atoms with Gasteiger partial charge in [0.1, 0.15) is 5.54 Å². The standard InChI is InChI=1S/C16H24N2O7S/c1-5-16(2,15(20)21)18-14(19)8-9-17-26(22,23)11-6-7-12(24-3)13(10-11)25-4/h6-7,10,17H,5,8-9H2,1-4H3,(H,18,19)(H,20,21). The lowest BCUT2D eigenvalue weighted by Gasteiger charge is -2.24. The molecule has 10 heteroatoms. The van der Waals surface area contributed by atoms with Crippen LogP contribution in [0.3, 0.4) is 0 Å². The highest BCUT2D eigenvalue weighted by atomic mass is 32.2. The minimum Gasteiger partial charge on any atom is -0.493 e. The molecule has 1 aromatic carbocycles. The number of hydrogen-bond acceptors (Lipinski definition) is 6. The second-order valence-corrected chi connectivity index (χ2v) is 7.47. The number of carboxylic acids is 1. The third-order valence-electron chi connectivity index (χ3n) is 3.90. The zero-order chi connectivity index (χ0) is 20.0. The van der Waals surface area contributed by atoms with Crippen molar-refractivity contribution >= 4 is 21.9 Å². The molecule has 1 rings (SSSR count). The smallest absolute Gasteiger partial charge is 0.329 e. The fraction of sp³-hybridized carbons (Fsp3) is 0.500. The van der Waals surface area contributed by atoms with Crippen molar-refractivity contribution in [2.24, 2.45) is 0 Å². The fourth-order valence-electron chi connectivity index (χ4n) is 2.03. The van der Waals surface area contributed by atoms with Crippen LogP contribution in [0.4, 0.5) is 0 Å². The van der Waals surface area contributed by atoms with Gasteiger partial charge in [-0.15, -0.1) is 0 Å². The van der Waals surface area contributed by atoms with Gasteiger partial charge < -0.3 is 19.9 Å². The minimum absolute atomic E-state index is 0.0421. The van der Waals surface area contributed by atoms with Gasteiger partial charge in [0, 0.05) is 19.0 Å². The topological polar surface area (TPSA) is 131 Å². The number of hydrogen-bond donors (Lipinski definition) is 3. The SMILES string of the molecule is CCC(C)(NC(=O)CCNS(=O)(=O)c1ccc(OC)c(OC)c1)C(=O)O. The molecule has 3 N–H and O–H groups in total. The van der Waals surface area contributed by atoms with E-state index in [-0.39, 0.29) is 30.0 Å². The minimum atomic E-state index is -3.86. The number of nitrogens with one attached hydrogen (secondary N) is 2. The van der Waals surface area contributed by atoms with Crippen molar-refractivity contribution in [2.75, 3.05) is 20.8 Å². The van der Waals surface area contributed by atoms with Crippen molar-refractivity contribution in [3.63, 3.8) is 0 Å². The lowest BCUT2D eigenvalue weighted by molar-refractivity contribution is -0.147. The molecule has 0 aromatic heterocycles. The van der Waals surface area contributed by atoms with Gasteiger partial charge in [0.05, 0.1) is 19.1 Å². The Morgan fingerprint density at radius 2 is 1.81 bits per heavy atom. The zero-order valence-corrected chi connectivity index (χ0v) is 16.0. The fourth-order valence-corrected chi connectivity index (χ4v) is 3.08. The van der Waals surface area contributed by atoms with Gasteiger partial charge in [0.2, 0.25) is 15.9 Å². The van der Waals surface area contributed by atoms with E-state index in [0.29, 0.717) is 5.75 Å². The molecule has 0 fully saturated rings. The van der Waals surface area contributed by atoms with Crippen LogP contribution in [0.5, 0.6) is 11.5 Å². The van der Waals surface area contributed by atoms with Crippen LogP contribution in [0.1, 0.15) is 26.7 Å². The van der Waals surface area contributed by atoms with E-state index < -0.39 is 27.4 Å². The highest BCUT2D eigenvalue weighted by Gasteiger charge is 2.32. The summed E-state index contributed by atoms with van der Waals surface area (Å²) in [5.74, 6) is -1.07. The molecule has 9 nitrogen and oxygen atoms in total. The molecule has 1 atom stereocenters. The van der Waals surface area contributed by atoms with Crippen molar-refractivity contribution in [1.29, 1.82) is 0 Å². The summed E-state index contributed by atoms with van der Waals surface area (Å²) in [5, 5.41) is 11.5. The molecule has 1 amide bonds. The molecule has 0 aliphatic carbocycles. The van der Waals surface area contributed by atoms with E-state index in [4.69, 9.17) is 14.6 Å². The van der Waals surface area contributed by atoms with E-state index in [1.54, 1.807) is 6.92 Å². The molecule has 0 spiro atoms. The summed E-state index contributed by atoms with van der Waals surface area (Å²) in [5.41, 5.74) is -1.39. The van der Waals surface area contributed by atoms with E-state index in [0.717, 1.165) is 0 Å². The predicted octanol–water partition coefficient (Wildman–Crippen LogP) is 0.742. The molecular weight excluding hydrogens is 364 g/mol. The molecular formula is C16H24N2O7S. The van der Waals surface area contributed by atoms with Gasteiger partial charge >= 0.3 is 5.97 Å². The van der Waals surface area contributed by atoms with Gasteiger partial charge in [-0.25, -0.2) is 17.9 Å². The molecule has 0 bridgehead atoms. The summed E-state index contributed by atoms with van der Waals surface area (Å²) < 4.78 is 37.0. The molecule has 1 unspecified atom stereocenters. The summed E-state index contributed by atoms with van der Waals surface area (Å²) in [4.78, 5) is 23.0. The Bertz CT molecular complexity index is 764. The maximum atomic E-state index is 12.3. The highest BCUT2D eigenvalue weighted by molar-refractivity contribution is 7.89. The Morgan fingerprint density at radius 1 is 1.19 bits per heavy atom. The van der Waals surface area contributed by atoms with E-state index in [1.165, 1.54) is 39.3 Å². The summed E-state index contributed by atoms with van der Waals surface area (Å²) >= 11 is 0. The maximum absolute atomic E-state index is 12.3. The molecule has 0 heterocycles. The Balaban J connectivity index is 2.72. The lowest BCUT2D eigenvalue weighted by atomic mass is 9.99. The second-order valence-electron chi connectivity index (χ2n) is 5.70. The predicted molar refractivity (Wildman–Crippen MR) is 93.8 cm³/mol. The van der Waals surface area contributed by atoms with E-state index in [1.807, 2.05) is 0 Å². The number of carboxylic acid groups (broad SMARTS) is 1. The first-order chi connectivity index (χ1) is 12.1. The summed E-state index contributed by atoms with van der Waals surface area (Å²) in [7, 11) is -1.04. The number of aliphatic carboxylic acids is 1. The Morgan fingerprint density at radius 3 is 2.31 bits per heavy atom. The maximum Gasteiger partial charge on any atom is 0.329 e. The molecule has 0 saturated heterocycles. The number of sulfonamides is 1. The van der Waals surface area contributed by atoms with Crippen LogP contribution in [-0.4, -0.2) is 51.7 Å². The van der Waals surface area contributed by atoms with Gasteiger partial charge in [-0.3, -0.25) is 4.79 Å². The number of amides is 1. The number of carbonyl (C=O) groups is 2. The van der Waals surface area contributed by atoms with Crippen LogP contribution in [0.2, 0.25) is 0 Å². The largest absolute Gasteiger partial charge is 0.493 e. The third kappa shape index (κ3) is 5.33. The Kier molecular flexibility index (Phi) is 7.40. The van der Waals surface area contributed by atoms with Gasteiger partial charge in [-0.1, -0.05) is 6.92 Å². The first kappa shape index (κ1) is 21.7. The van der Waals surface area contributed by atoms with Crippen LogP contribution >= 0.6 is 0 Å². The number of methoxy groups -OCH3 is 2.